The van der Waals surface area contributed by atoms with Crippen molar-refractivity contribution in [3.05, 3.63) is 35.6 Å². The van der Waals surface area contributed by atoms with Crippen LogP contribution in [0, 0.1) is 11.7 Å². The molecule has 0 aliphatic carbocycles. The Morgan fingerprint density at radius 2 is 2.35 bits per heavy atom. The molecule has 1 aliphatic rings. The molecule has 0 radical (unpaired) electrons. The van der Waals surface area contributed by atoms with Gasteiger partial charge in [0.15, 0.2) is 0 Å². The minimum Gasteiger partial charge on any atom is -0.396 e. The molecule has 1 saturated heterocycles. The minimum atomic E-state index is -0.397. The van der Waals surface area contributed by atoms with E-state index in [-0.39, 0.29) is 18.4 Å². The van der Waals surface area contributed by atoms with Crippen molar-refractivity contribution in [2.75, 3.05) is 19.7 Å². The standard InChI is InChI=1S/C13H16FNO2/c14-12-5-1-4-11(7-12)13(17)15-6-2-3-10(8-15)9-16/h1,4-5,7,10,16H,2-3,6,8-9H2/t10-/m0/s1. The van der Waals surface area contributed by atoms with E-state index in [1.807, 2.05) is 0 Å². The van der Waals surface area contributed by atoms with Gasteiger partial charge in [-0.25, -0.2) is 4.39 Å². The fourth-order valence-corrected chi connectivity index (χ4v) is 2.20. The lowest BCUT2D eigenvalue weighted by atomic mass is 9.98. The zero-order valence-electron chi connectivity index (χ0n) is 9.60. The van der Waals surface area contributed by atoms with Crippen LogP contribution in [0.5, 0.6) is 0 Å². The molecule has 0 bridgehead atoms. The van der Waals surface area contributed by atoms with Gasteiger partial charge in [0.05, 0.1) is 0 Å². The first-order chi connectivity index (χ1) is 8.20. The van der Waals surface area contributed by atoms with Crippen LogP contribution in [-0.4, -0.2) is 35.6 Å². The van der Waals surface area contributed by atoms with E-state index in [1.165, 1.54) is 18.2 Å². The van der Waals surface area contributed by atoms with Crippen LogP contribution in [0.2, 0.25) is 0 Å². The summed E-state index contributed by atoms with van der Waals surface area (Å²) < 4.78 is 13.0. The van der Waals surface area contributed by atoms with Crippen LogP contribution in [-0.2, 0) is 0 Å². The molecule has 0 aromatic heterocycles. The van der Waals surface area contributed by atoms with E-state index in [4.69, 9.17) is 5.11 Å². The quantitative estimate of drug-likeness (QED) is 0.850. The van der Waals surface area contributed by atoms with Gasteiger partial charge in [-0.1, -0.05) is 6.07 Å². The maximum atomic E-state index is 13.0. The van der Waals surface area contributed by atoms with E-state index in [2.05, 4.69) is 0 Å². The molecule has 1 aromatic rings. The Hall–Kier alpha value is -1.42. The van der Waals surface area contributed by atoms with Crippen molar-refractivity contribution in [2.45, 2.75) is 12.8 Å². The summed E-state index contributed by atoms with van der Waals surface area (Å²) in [6.07, 6.45) is 1.84. The van der Waals surface area contributed by atoms with E-state index in [0.717, 1.165) is 12.8 Å². The largest absolute Gasteiger partial charge is 0.396 e. The van der Waals surface area contributed by atoms with Crippen molar-refractivity contribution in [1.82, 2.24) is 4.90 Å². The fourth-order valence-electron chi connectivity index (χ4n) is 2.20. The van der Waals surface area contributed by atoms with Crippen LogP contribution in [0.25, 0.3) is 0 Å². The molecule has 17 heavy (non-hydrogen) atoms. The Morgan fingerprint density at radius 1 is 1.53 bits per heavy atom. The van der Waals surface area contributed by atoms with Crippen molar-refractivity contribution in [3.8, 4) is 0 Å². The average molecular weight is 237 g/mol. The molecule has 0 spiro atoms. The monoisotopic (exact) mass is 237 g/mol. The second-order valence-electron chi connectivity index (χ2n) is 4.45. The summed E-state index contributed by atoms with van der Waals surface area (Å²) in [6, 6.07) is 5.73. The number of likely N-dealkylation sites (tertiary alicyclic amines) is 1. The summed E-state index contributed by atoms with van der Waals surface area (Å²) in [7, 11) is 0. The number of hydrogen-bond donors (Lipinski definition) is 1. The van der Waals surface area contributed by atoms with Gasteiger partial charge in [0.2, 0.25) is 0 Å². The highest BCUT2D eigenvalue weighted by Gasteiger charge is 2.23. The molecule has 1 aromatic carbocycles. The molecule has 92 valence electrons. The Labute approximate surface area is 99.9 Å². The van der Waals surface area contributed by atoms with Crippen LogP contribution in [0.4, 0.5) is 4.39 Å². The SMILES string of the molecule is O=C(c1cccc(F)c1)N1CCC[C@H](CO)C1. The number of carbonyl (C=O) groups is 1. The molecule has 1 fully saturated rings. The Bertz CT molecular complexity index is 408. The number of benzene rings is 1. The van der Waals surface area contributed by atoms with E-state index in [1.54, 1.807) is 11.0 Å². The van der Waals surface area contributed by atoms with Gasteiger partial charge in [0.1, 0.15) is 5.82 Å². The highest BCUT2D eigenvalue weighted by Crippen LogP contribution is 2.18. The molecule has 1 amide bonds. The molecule has 0 saturated carbocycles. The first-order valence-corrected chi connectivity index (χ1v) is 5.86. The summed E-state index contributed by atoms with van der Waals surface area (Å²) in [5, 5.41) is 9.11. The molecule has 1 heterocycles. The lowest BCUT2D eigenvalue weighted by molar-refractivity contribution is 0.0620. The second-order valence-corrected chi connectivity index (χ2v) is 4.45. The second kappa shape index (κ2) is 5.27. The molecule has 1 atom stereocenters. The summed E-state index contributed by atoms with van der Waals surface area (Å²) >= 11 is 0. The lowest BCUT2D eigenvalue weighted by Crippen LogP contribution is -2.40. The third-order valence-electron chi connectivity index (χ3n) is 3.14. The molecular weight excluding hydrogens is 221 g/mol. The normalized spacial score (nSPS) is 20.4. The van der Waals surface area contributed by atoms with Crippen LogP contribution >= 0.6 is 0 Å². The Morgan fingerprint density at radius 3 is 3.06 bits per heavy atom. The van der Waals surface area contributed by atoms with Gasteiger partial charge in [-0.2, -0.15) is 0 Å². The van der Waals surface area contributed by atoms with Gasteiger partial charge < -0.3 is 10.0 Å². The number of hydrogen-bond acceptors (Lipinski definition) is 2. The van der Waals surface area contributed by atoms with Crippen molar-refractivity contribution in [2.24, 2.45) is 5.92 Å². The summed E-state index contributed by atoms with van der Waals surface area (Å²) in [5.41, 5.74) is 0.378. The highest BCUT2D eigenvalue weighted by molar-refractivity contribution is 5.94. The van der Waals surface area contributed by atoms with Gasteiger partial charge in [-0.15, -0.1) is 0 Å². The molecule has 3 nitrogen and oxygen atoms in total. The van der Waals surface area contributed by atoms with Gasteiger partial charge in [-0.05, 0) is 37.0 Å². The van der Waals surface area contributed by atoms with Gasteiger partial charge in [0.25, 0.3) is 5.91 Å². The van der Waals surface area contributed by atoms with Gasteiger partial charge in [0, 0.05) is 25.3 Å². The van der Waals surface area contributed by atoms with Crippen molar-refractivity contribution in [3.63, 3.8) is 0 Å². The first kappa shape index (κ1) is 12.0. The van der Waals surface area contributed by atoms with Crippen molar-refractivity contribution >= 4 is 5.91 Å². The number of aliphatic hydroxyl groups is 1. The molecular formula is C13H16FNO2. The molecule has 1 N–H and O–H groups in total. The number of aliphatic hydroxyl groups excluding tert-OH is 1. The van der Waals surface area contributed by atoms with Crippen LogP contribution in [0.15, 0.2) is 24.3 Å². The lowest BCUT2D eigenvalue weighted by Gasteiger charge is -2.31. The Balaban J connectivity index is 2.09. The van der Waals surface area contributed by atoms with E-state index >= 15 is 0 Å². The predicted octanol–water partition coefficient (Wildman–Crippen LogP) is 1.67. The zero-order valence-corrected chi connectivity index (χ0v) is 9.60. The summed E-state index contributed by atoms with van der Waals surface area (Å²) in [4.78, 5) is 13.8. The third-order valence-corrected chi connectivity index (χ3v) is 3.14. The topological polar surface area (TPSA) is 40.5 Å². The smallest absolute Gasteiger partial charge is 0.253 e. The highest BCUT2D eigenvalue weighted by atomic mass is 19.1. The Kier molecular flexibility index (Phi) is 3.74. The predicted molar refractivity (Wildman–Crippen MR) is 62.1 cm³/mol. The van der Waals surface area contributed by atoms with E-state index in [0.29, 0.717) is 18.7 Å². The molecule has 2 rings (SSSR count). The maximum Gasteiger partial charge on any atom is 0.253 e. The fraction of sp³-hybridized carbons (Fsp3) is 0.462. The summed E-state index contributed by atoms with van der Waals surface area (Å²) in [6.45, 7) is 1.35. The van der Waals surface area contributed by atoms with Crippen molar-refractivity contribution in [1.29, 1.82) is 0 Å². The number of carbonyl (C=O) groups excluding carboxylic acids is 1. The maximum absolute atomic E-state index is 13.0. The molecule has 4 heteroatoms. The van der Waals surface area contributed by atoms with E-state index < -0.39 is 5.82 Å². The number of rotatable bonds is 2. The minimum absolute atomic E-state index is 0.104. The van der Waals surface area contributed by atoms with Gasteiger partial charge >= 0.3 is 0 Å². The average Bonchev–Trinajstić information content (AvgIpc) is 2.38. The number of halogens is 1. The first-order valence-electron chi connectivity index (χ1n) is 5.86. The number of amides is 1. The summed E-state index contributed by atoms with van der Waals surface area (Å²) in [5.74, 6) is -0.393. The zero-order chi connectivity index (χ0) is 12.3. The van der Waals surface area contributed by atoms with Crippen LogP contribution in [0.3, 0.4) is 0 Å². The number of piperidine rings is 1. The number of nitrogens with zero attached hydrogens (tertiary/aromatic N) is 1. The van der Waals surface area contributed by atoms with E-state index in [9.17, 15) is 9.18 Å². The van der Waals surface area contributed by atoms with Crippen molar-refractivity contribution < 1.29 is 14.3 Å². The van der Waals surface area contributed by atoms with Crippen LogP contribution < -0.4 is 0 Å². The third kappa shape index (κ3) is 2.82. The van der Waals surface area contributed by atoms with Gasteiger partial charge in [-0.3, -0.25) is 4.79 Å². The molecule has 0 unspecified atom stereocenters. The molecule has 1 aliphatic heterocycles. The van der Waals surface area contributed by atoms with Crippen LogP contribution in [0.1, 0.15) is 23.2 Å².